The zero-order chi connectivity index (χ0) is 11.6. The first-order valence-electron chi connectivity index (χ1n) is 4.36. The molecule has 0 saturated heterocycles. The SMILES string of the molecule is CC(C)(CC(=O)O)c1c(F)cncc1F. The van der Waals surface area contributed by atoms with Crippen LogP contribution in [-0.4, -0.2) is 16.1 Å². The summed E-state index contributed by atoms with van der Waals surface area (Å²) in [7, 11) is 0. The number of nitrogens with zero attached hydrogens (tertiary/aromatic N) is 1. The van der Waals surface area contributed by atoms with Gasteiger partial charge in [-0.25, -0.2) is 8.78 Å². The van der Waals surface area contributed by atoms with Gasteiger partial charge in [0.05, 0.1) is 18.8 Å². The molecule has 0 amide bonds. The van der Waals surface area contributed by atoms with Crippen LogP contribution in [-0.2, 0) is 10.2 Å². The van der Waals surface area contributed by atoms with Gasteiger partial charge >= 0.3 is 5.97 Å². The molecule has 0 spiro atoms. The molecule has 1 aromatic rings. The van der Waals surface area contributed by atoms with Crippen molar-refractivity contribution in [1.82, 2.24) is 4.98 Å². The Kier molecular flexibility index (Phi) is 3.02. The molecule has 0 radical (unpaired) electrons. The van der Waals surface area contributed by atoms with Crippen molar-refractivity contribution in [3.8, 4) is 0 Å². The predicted molar refractivity (Wildman–Crippen MR) is 49.4 cm³/mol. The molecule has 15 heavy (non-hydrogen) atoms. The number of aromatic nitrogens is 1. The molecule has 0 aliphatic heterocycles. The van der Waals surface area contributed by atoms with E-state index in [2.05, 4.69) is 4.98 Å². The second-order valence-electron chi connectivity index (χ2n) is 3.93. The van der Waals surface area contributed by atoms with Gasteiger partial charge in [-0.2, -0.15) is 0 Å². The van der Waals surface area contributed by atoms with Crippen LogP contribution in [0, 0.1) is 11.6 Å². The van der Waals surface area contributed by atoms with E-state index in [0.29, 0.717) is 0 Å². The molecule has 3 nitrogen and oxygen atoms in total. The Balaban J connectivity index is 3.19. The molecule has 1 N–H and O–H groups in total. The first-order chi connectivity index (χ1) is 6.84. The van der Waals surface area contributed by atoms with Gasteiger partial charge in [-0.15, -0.1) is 0 Å². The van der Waals surface area contributed by atoms with Crippen molar-refractivity contribution in [2.75, 3.05) is 0 Å². The van der Waals surface area contributed by atoms with Crippen molar-refractivity contribution in [2.45, 2.75) is 25.7 Å². The summed E-state index contributed by atoms with van der Waals surface area (Å²) in [6.45, 7) is 2.95. The summed E-state index contributed by atoms with van der Waals surface area (Å²) < 4.78 is 26.6. The minimum atomic E-state index is -1.10. The van der Waals surface area contributed by atoms with Gasteiger partial charge in [0.1, 0.15) is 11.6 Å². The van der Waals surface area contributed by atoms with Gasteiger partial charge in [-0.3, -0.25) is 9.78 Å². The number of carboxylic acid groups (broad SMARTS) is 1. The largest absolute Gasteiger partial charge is 0.481 e. The van der Waals surface area contributed by atoms with Crippen molar-refractivity contribution in [3.63, 3.8) is 0 Å². The van der Waals surface area contributed by atoms with Gasteiger partial charge in [0.15, 0.2) is 0 Å². The van der Waals surface area contributed by atoms with E-state index in [0.717, 1.165) is 12.4 Å². The summed E-state index contributed by atoms with van der Waals surface area (Å²) in [5.74, 6) is -2.74. The van der Waals surface area contributed by atoms with Gasteiger partial charge in [-0.05, 0) is 0 Å². The molecular formula is C10H11F2NO2. The highest BCUT2D eigenvalue weighted by molar-refractivity contribution is 5.68. The molecule has 5 heteroatoms. The highest BCUT2D eigenvalue weighted by atomic mass is 19.1. The molecular weight excluding hydrogens is 204 g/mol. The molecule has 1 heterocycles. The minimum absolute atomic E-state index is 0.236. The maximum atomic E-state index is 13.3. The van der Waals surface area contributed by atoms with E-state index in [9.17, 15) is 13.6 Å². The van der Waals surface area contributed by atoms with Crippen molar-refractivity contribution in [3.05, 3.63) is 29.6 Å². The van der Waals surface area contributed by atoms with Gasteiger partial charge in [0.2, 0.25) is 0 Å². The van der Waals surface area contributed by atoms with E-state index in [4.69, 9.17) is 5.11 Å². The van der Waals surface area contributed by atoms with Crippen LogP contribution in [0.2, 0.25) is 0 Å². The first-order valence-corrected chi connectivity index (χ1v) is 4.36. The molecule has 0 aliphatic rings. The lowest BCUT2D eigenvalue weighted by Crippen LogP contribution is -2.24. The lowest BCUT2D eigenvalue weighted by atomic mass is 9.81. The third kappa shape index (κ3) is 2.49. The minimum Gasteiger partial charge on any atom is -0.481 e. The van der Waals surface area contributed by atoms with E-state index in [1.54, 1.807) is 0 Å². The van der Waals surface area contributed by atoms with E-state index in [1.807, 2.05) is 0 Å². The fourth-order valence-electron chi connectivity index (χ4n) is 1.52. The van der Waals surface area contributed by atoms with Crippen molar-refractivity contribution >= 4 is 5.97 Å². The summed E-state index contributed by atoms with van der Waals surface area (Å²) in [6.07, 6.45) is 1.41. The van der Waals surface area contributed by atoms with E-state index in [1.165, 1.54) is 13.8 Å². The van der Waals surface area contributed by atoms with Gasteiger partial charge < -0.3 is 5.11 Å². The highest BCUT2D eigenvalue weighted by Gasteiger charge is 2.30. The average Bonchev–Trinajstić information content (AvgIpc) is 1.99. The topological polar surface area (TPSA) is 50.2 Å². The summed E-state index contributed by atoms with van der Waals surface area (Å²) in [5, 5.41) is 8.63. The Hall–Kier alpha value is -1.52. The zero-order valence-corrected chi connectivity index (χ0v) is 8.42. The summed E-state index contributed by atoms with van der Waals surface area (Å²) in [5.41, 5.74) is -1.33. The smallest absolute Gasteiger partial charge is 0.304 e. The molecule has 1 aromatic heterocycles. The van der Waals surface area contributed by atoms with Crippen LogP contribution in [0.15, 0.2) is 12.4 Å². The van der Waals surface area contributed by atoms with Gasteiger partial charge in [-0.1, -0.05) is 13.8 Å². The number of carboxylic acids is 1. The fourth-order valence-corrected chi connectivity index (χ4v) is 1.52. The van der Waals surface area contributed by atoms with Gasteiger partial charge in [0, 0.05) is 11.0 Å². The molecule has 82 valence electrons. The van der Waals surface area contributed by atoms with Crippen molar-refractivity contribution in [2.24, 2.45) is 0 Å². The summed E-state index contributed by atoms with van der Waals surface area (Å²) in [4.78, 5) is 13.9. The number of carbonyl (C=O) groups is 1. The second-order valence-corrected chi connectivity index (χ2v) is 3.93. The Morgan fingerprint density at radius 3 is 2.27 bits per heavy atom. The predicted octanol–water partition coefficient (Wildman–Crippen LogP) is 2.11. The molecule has 1 rings (SSSR count). The molecule has 0 saturated carbocycles. The zero-order valence-electron chi connectivity index (χ0n) is 8.42. The Morgan fingerprint density at radius 2 is 1.87 bits per heavy atom. The third-order valence-electron chi connectivity index (χ3n) is 2.12. The fraction of sp³-hybridized carbons (Fsp3) is 0.400. The van der Waals surface area contributed by atoms with Crippen molar-refractivity contribution < 1.29 is 18.7 Å². The first kappa shape index (κ1) is 11.6. The lowest BCUT2D eigenvalue weighted by Gasteiger charge is -2.23. The number of hydrogen-bond acceptors (Lipinski definition) is 2. The maximum absolute atomic E-state index is 13.3. The second kappa shape index (κ2) is 3.92. The van der Waals surface area contributed by atoms with Gasteiger partial charge in [0.25, 0.3) is 0 Å². The van der Waals surface area contributed by atoms with E-state index < -0.39 is 23.0 Å². The molecule has 0 aromatic carbocycles. The van der Waals surface area contributed by atoms with Crippen LogP contribution >= 0.6 is 0 Å². The summed E-state index contributed by atoms with van der Waals surface area (Å²) in [6, 6.07) is 0. The van der Waals surface area contributed by atoms with Crippen LogP contribution in [0.3, 0.4) is 0 Å². The molecule has 0 fully saturated rings. The van der Waals surface area contributed by atoms with E-state index in [-0.39, 0.29) is 12.0 Å². The number of aliphatic carboxylic acids is 1. The average molecular weight is 215 g/mol. The van der Waals surface area contributed by atoms with Crippen LogP contribution < -0.4 is 0 Å². The number of hydrogen-bond donors (Lipinski definition) is 1. The summed E-state index contributed by atoms with van der Waals surface area (Å²) >= 11 is 0. The highest BCUT2D eigenvalue weighted by Crippen LogP contribution is 2.30. The Morgan fingerprint density at radius 1 is 1.40 bits per heavy atom. The molecule has 0 unspecified atom stereocenters. The molecule has 0 bridgehead atoms. The number of halogens is 2. The normalized spacial score (nSPS) is 11.5. The molecule has 0 atom stereocenters. The van der Waals surface area contributed by atoms with Crippen LogP contribution in [0.5, 0.6) is 0 Å². The number of pyridine rings is 1. The van der Waals surface area contributed by atoms with Crippen molar-refractivity contribution in [1.29, 1.82) is 0 Å². The molecule has 0 aliphatic carbocycles. The monoisotopic (exact) mass is 215 g/mol. The van der Waals surface area contributed by atoms with Crippen LogP contribution in [0.1, 0.15) is 25.8 Å². The van der Waals surface area contributed by atoms with Crippen LogP contribution in [0.25, 0.3) is 0 Å². The number of rotatable bonds is 3. The third-order valence-corrected chi connectivity index (χ3v) is 2.12. The lowest BCUT2D eigenvalue weighted by molar-refractivity contribution is -0.138. The Labute approximate surface area is 85.8 Å². The maximum Gasteiger partial charge on any atom is 0.304 e. The van der Waals surface area contributed by atoms with E-state index >= 15 is 0 Å². The van der Waals surface area contributed by atoms with Crippen LogP contribution in [0.4, 0.5) is 8.78 Å². The quantitative estimate of drug-likeness (QED) is 0.840. The standard InChI is InChI=1S/C10H11F2NO2/c1-10(2,3-8(14)15)9-6(11)4-13-5-7(9)12/h4-5H,3H2,1-2H3,(H,14,15). The Bertz CT molecular complexity index is 371.